The van der Waals surface area contributed by atoms with Gasteiger partial charge in [0.25, 0.3) is 5.91 Å². The van der Waals surface area contributed by atoms with Crippen molar-refractivity contribution < 1.29 is 14.4 Å². The van der Waals surface area contributed by atoms with Crippen LogP contribution in [0.25, 0.3) is 11.4 Å². The number of benzene rings is 1. The second kappa shape index (κ2) is 5.53. The molecule has 2 heterocycles. The highest BCUT2D eigenvalue weighted by Gasteiger charge is 2.38. The number of carbonyl (C=O) groups excluding carboxylic acids is 1. The number of hydrogen-bond donors (Lipinski definition) is 1. The van der Waals surface area contributed by atoms with Gasteiger partial charge in [0.2, 0.25) is 12.2 Å². The molecule has 1 fully saturated rings. The molecule has 0 unspecified atom stereocenters. The van der Waals surface area contributed by atoms with Gasteiger partial charge in [0.1, 0.15) is 0 Å². The van der Waals surface area contributed by atoms with E-state index in [1.165, 1.54) is 6.39 Å². The molecule has 0 aliphatic carbocycles. The number of carbonyl (C=O) groups is 1. The molecule has 1 N–H and O–H groups in total. The zero-order valence-electron chi connectivity index (χ0n) is 12.7. The summed E-state index contributed by atoms with van der Waals surface area (Å²) in [7, 11) is 0. The minimum atomic E-state index is -0.892. The molecule has 1 aromatic carbocycles. The van der Waals surface area contributed by atoms with Crippen molar-refractivity contribution >= 4 is 5.91 Å². The minimum absolute atomic E-state index is 0.0516. The molecule has 0 spiro atoms. The Morgan fingerprint density at radius 3 is 2.68 bits per heavy atom. The van der Waals surface area contributed by atoms with Crippen LogP contribution >= 0.6 is 0 Å². The van der Waals surface area contributed by atoms with Crippen LogP contribution < -0.4 is 0 Å². The topological polar surface area (TPSA) is 79.5 Å². The molecule has 1 aromatic heterocycles. The van der Waals surface area contributed by atoms with E-state index < -0.39 is 5.60 Å². The Labute approximate surface area is 128 Å². The molecule has 0 saturated carbocycles. The Morgan fingerprint density at radius 1 is 1.36 bits per heavy atom. The van der Waals surface area contributed by atoms with E-state index in [9.17, 15) is 9.90 Å². The fourth-order valence-corrected chi connectivity index (χ4v) is 2.97. The van der Waals surface area contributed by atoms with Crippen LogP contribution in [-0.4, -0.2) is 44.2 Å². The van der Waals surface area contributed by atoms with E-state index in [-0.39, 0.29) is 11.9 Å². The average molecular weight is 301 g/mol. The lowest BCUT2D eigenvalue weighted by molar-refractivity contribution is 0.000337. The highest BCUT2D eigenvalue weighted by molar-refractivity contribution is 5.95. The number of aliphatic hydroxyl groups is 1. The normalized spacial score (nSPS) is 18.7. The maximum absolute atomic E-state index is 12.7. The summed E-state index contributed by atoms with van der Waals surface area (Å²) in [6.45, 7) is 4.19. The van der Waals surface area contributed by atoms with Crippen molar-refractivity contribution in [3.05, 3.63) is 36.2 Å². The van der Waals surface area contributed by atoms with E-state index in [4.69, 9.17) is 4.52 Å². The van der Waals surface area contributed by atoms with E-state index in [0.29, 0.717) is 17.9 Å². The van der Waals surface area contributed by atoms with Crippen LogP contribution in [0.5, 0.6) is 0 Å². The number of amides is 1. The Bertz CT molecular complexity index is 644. The first-order valence-corrected chi connectivity index (χ1v) is 7.37. The zero-order valence-corrected chi connectivity index (χ0v) is 12.7. The van der Waals surface area contributed by atoms with Gasteiger partial charge in [0, 0.05) is 17.7 Å². The number of likely N-dealkylation sites (tertiary alicyclic amines) is 1. The quantitative estimate of drug-likeness (QED) is 0.939. The van der Waals surface area contributed by atoms with Crippen molar-refractivity contribution in [1.82, 2.24) is 15.0 Å². The zero-order chi connectivity index (χ0) is 15.7. The van der Waals surface area contributed by atoms with Crippen LogP contribution in [0, 0.1) is 0 Å². The number of aromatic nitrogens is 2. The fraction of sp³-hybridized carbons (Fsp3) is 0.438. The third kappa shape index (κ3) is 2.74. The predicted molar refractivity (Wildman–Crippen MR) is 80.1 cm³/mol. The van der Waals surface area contributed by atoms with Crippen LogP contribution in [0.2, 0.25) is 0 Å². The smallest absolute Gasteiger partial charge is 0.254 e. The van der Waals surface area contributed by atoms with Gasteiger partial charge < -0.3 is 14.5 Å². The van der Waals surface area contributed by atoms with Gasteiger partial charge in [0.15, 0.2) is 0 Å². The number of nitrogens with zero attached hydrogens (tertiary/aromatic N) is 3. The Kier molecular flexibility index (Phi) is 3.70. The third-order valence-corrected chi connectivity index (χ3v) is 4.08. The molecule has 116 valence electrons. The van der Waals surface area contributed by atoms with E-state index in [2.05, 4.69) is 10.1 Å². The summed E-state index contributed by atoms with van der Waals surface area (Å²) in [5.41, 5.74) is 0.505. The Morgan fingerprint density at radius 2 is 2.09 bits per heavy atom. The lowest BCUT2D eigenvalue weighted by Crippen LogP contribution is -2.48. The monoisotopic (exact) mass is 301 g/mol. The summed E-state index contributed by atoms with van der Waals surface area (Å²) in [5, 5.41) is 14.0. The SMILES string of the molecule is CC(C)(O)[C@@H]1CCCN1C(=O)c1ccc(-c2ncon2)cc1. The largest absolute Gasteiger partial charge is 0.388 e. The first-order valence-electron chi connectivity index (χ1n) is 7.37. The molecule has 2 aromatic rings. The first kappa shape index (κ1) is 14.7. The Hall–Kier alpha value is -2.21. The predicted octanol–water partition coefficient (Wildman–Crippen LogP) is 2.11. The second-order valence-electron chi connectivity index (χ2n) is 6.14. The summed E-state index contributed by atoms with van der Waals surface area (Å²) in [6, 6.07) is 6.97. The van der Waals surface area contributed by atoms with E-state index in [1.54, 1.807) is 43.0 Å². The van der Waals surface area contributed by atoms with Crippen LogP contribution in [0.1, 0.15) is 37.0 Å². The lowest BCUT2D eigenvalue weighted by Gasteiger charge is -2.33. The van der Waals surface area contributed by atoms with Crippen molar-refractivity contribution in [3.8, 4) is 11.4 Å². The summed E-state index contributed by atoms with van der Waals surface area (Å²) >= 11 is 0. The van der Waals surface area contributed by atoms with Crippen molar-refractivity contribution in [3.63, 3.8) is 0 Å². The van der Waals surface area contributed by atoms with Crippen LogP contribution in [0.3, 0.4) is 0 Å². The third-order valence-electron chi connectivity index (χ3n) is 4.08. The van der Waals surface area contributed by atoms with Gasteiger partial charge in [-0.2, -0.15) is 4.98 Å². The number of hydrogen-bond acceptors (Lipinski definition) is 5. The second-order valence-corrected chi connectivity index (χ2v) is 6.14. The molecular weight excluding hydrogens is 282 g/mol. The first-order chi connectivity index (χ1) is 10.5. The summed E-state index contributed by atoms with van der Waals surface area (Å²) in [4.78, 5) is 18.4. The van der Waals surface area contributed by atoms with Gasteiger partial charge >= 0.3 is 0 Å². The molecular formula is C16H19N3O3. The van der Waals surface area contributed by atoms with Gasteiger partial charge in [-0.3, -0.25) is 4.79 Å². The van der Waals surface area contributed by atoms with Crippen molar-refractivity contribution in [1.29, 1.82) is 0 Å². The van der Waals surface area contributed by atoms with Gasteiger partial charge in [0.05, 0.1) is 11.6 Å². The molecule has 1 aliphatic rings. The van der Waals surface area contributed by atoms with Crippen molar-refractivity contribution in [2.75, 3.05) is 6.54 Å². The highest BCUT2D eigenvalue weighted by atomic mass is 16.5. The maximum Gasteiger partial charge on any atom is 0.254 e. The summed E-state index contributed by atoms with van der Waals surface area (Å²) < 4.78 is 4.72. The lowest BCUT2D eigenvalue weighted by atomic mass is 9.96. The van der Waals surface area contributed by atoms with Crippen LogP contribution in [-0.2, 0) is 0 Å². The molecule has 6 heteroatoms. The minimum Gasteiger partial charge on any atom is -0.388 e. The molecule has 1 aliphatic heterocycles. The molecule has 3 rings (SSSR count). The molecule has 0 radical (unpaired) electrons. The summed E-state index contributed by atoms with van der Waals surface area (Å²) in [6.07, 6.45) is 3.02. The molecule has 1 atom stereocenters. The molecule has 1 saturated heterocycles. The summed E-state index contributed by atoms with van der Waals surface area (Å²) in [5.74, 6) is 0.443. The highest BCUT2D eigenvalue weighted by Crippen LogP contribution is 2.28. The molecule has 0 bridgehead atoms. The van der Waals surface area contributed by atoms with E-state index in [0.717, 1.165) is 18.4 Å². The maximum atomic E-state index is 12.7. The molecule has 6 nitrogen and oxygen atoms in total. The van der Waals surface area contributed by atoms with Crippen LogP contribution in [0.4, 0.5) is 0 Å². The molecule has 1 amide bonds. The Balaban J connectivity index is 1.80. The number of rotatable bonds is 3. The van der Waals surface area contributed by atoms with Gasteiger partial charge in [-0.25, -0.2) is 0 Å². The molecule has 22 heavy (non-hydrogen) atoms. The van der Waals surface area contributed by atoms with E-state index in [1.807, 2.05) is 0 Å². The van der Waals surface area contributed by atoms with Gasteiger partial charge in [-0.15, -0.1) is 0 Å². The standard InChI is InChI=1S/C16H19N3O3/c1-16(2,21)13-4-3-9-19(13)15(20)12-7-5-11(6-8-12)14-17-10-22-18-14/h5-8,10,13,21H,3-4,9H2,1-2H3/t13-/m0/s1. The average Bonchev–Trinajstić information content (AvgIpc) is 3.17. The van der Waals surface area contributed by atoms with Crippen LogP contribution in [0.15, 0.2) is 35.2 Å². The van der Waals surface area contributed by atoms with E-state index >= 15 is 0 Å². The van der Waals surface area contributed by atoms with Crippen molar-refractivity contribution in [2.24, 2.45) is 0 Å². The van der Waals surface area contributed by atoms with Gasteiger partial charge in [-0.05, 0) is 38.8 Å². The van der Waals surface area contributed by atoms with Gasteiger partial charge in [-0.1, -0.05) is 17.3 Å². The fourth-order valence-electron chi connectivity index (χ4n) is 2.97. The van der Waals surface area contributed by atoms with Crippen molar-refractivity contribution in [2.45, 2.75) is 38.3 Å².